The van der Waals surface area contributed by atoms with Crippen molar-refractivity contribution in [2.75, 3.05) is 26.0 Å². The highest BCUT2D eigenvalue weighted by Gasteiger charge is 2.16. The first-order valence-corrected chi connectivity index (χ1v) is 9.23. The van der Waals surface area contributed by atoms with E-state index in [1.165, 1.54) is 4.90 Å². The van der Waals surface area contributed by atoms with E-state index in [1.54, 1.807) is 62.6 Å². The van der Waals surface area contributed by atoms with Crippen LogP contribution in [-0.2, 0) is 4.79 Å². The van der Waals surface area contributed by atoms with Crippen LogP contribution in [0.2, 0.25) is 0 Å². The summed E-state index contributed by atoms with van der Waals surface area (Å²) in [6, 6.07) is 13.3. The summed E-state index contributed by atoms with van der Waals surface area (Å²) >= 11 is 0. The van der Waals surface area contributed by atoms with Gasteiger partial charge in [0.1, 0.15) is 5.75 Å². The van der Waals surface area contributed by atoms with Crippen LogP contribution in [0.25, 0.3) is 0 Å². The minimum atomic E-state index is -0.371. The first-order valence-electron chi connectivity index (χ1n) is 9.23. The normalized spacial score (nSPS) is 10.8. The number of nitrogens with zero attached hydrogens (tertiary/aromatic N) is 1. The van der Waals surface area contributed by atoms with Crippen LogP contribution >= 0.6 is 0 Å². The lowest BCUT2D eigenvalue weighted by molar-refractivity contribution is -0.130. The van der Waals surface area contributed by atoms with Gasteiger partial charge >= 0.3 is 0 Å². The fourth-order valence-corrected chi connectivity index (χ4v) is 2.36. The van der Waals surface area contributed by atoms with Crippen molar-refractivity contribution in [3.63, 3.8) is 0 Å². The number of benzene rings is 2. The van der Waals surface area contributed by atoms with Gasteiger partial charge in [-0.1, -0.05) is 12.1 Å². The molecule has 0 atom stereocenters. The van der Waals surface area contributed by atoms with Crippen molar-refractivity contribution in [3.8, 4) is 5.75 Å². The summed E-state index contributed by atoms with van der Waals surface area (Å²) in [5.74, 6) is -0.435. The lowest BCUT2D eigenvalue weighted by atomic mass is 10.1. The molecule has 0 bridgehead atoms. The number of nitrogens with one attached hydrogen (secondary N) is 2. The standard InChI is InChI=1S/C22H27N3O4/c1-22(2,3)24-20(27)15-10-12-16(13-11-15)23-21(28)17-8-6-7-9-18(17)29-14-19(26)25(4)5/h6-13H,14H2,1-5H3,(H,23,28)(H,24,27). The zero-order chi connectivity index (χ0) is 21.6. The van der Waals surface area contributed by atoms with Crippen molar-refractivity contribution in [2.45, 2.75) is 26.3 Å². The maximum atomic E-state index is 12.7. The van der Waals surface area contributed by atoms with Crippen LogP contribution in [-0.4, -0.2) is 48.9 Å². The quantitative estimate of drug-likeness (QED) is 0.785. The number of likely N-dealkylation sites (N-methyl/N-ethyl adjacent to an activating group) is 1. The van der Waals surface area contributed by atoms with E-state index in [1.807, 2.05) is 20.8 Å². The zero-order valence-electron chi connectivity index (χ0n) is 17.4. The molecule has 0 aliphatic rings. The molecule has 2 N–H and O–H groups in total. The number of carbonyl (C=O) groups excluding carboxylic acids is 3. The zero-order valence-corrected chi connectivity index (χ0v) is 17.4. The molecule has 0 aliphatic heterocycles. The van der Waals surface area contributed by atoms with E-state index in [0.717, 1.165) is 0 Å². The molecular weight excluding hydrogens is 370 g/mol. The number of hydrogen-bond acceptors (Lipinski definition) is 4. The number of amides is 3. The Morgan fingerprint density at radius 2 is 1.55 bits per heavy atom. The minimum absolute atomic E-state index is 0.158. The fraction of sp³-hybridized carbons (Fsp3) is 0.318. The average molecular weight is 397 g/mol. The summed E-state index contributed by atoms with van der Waals surface area (Å²) in [4.78, 5) is 38.0. The summed E-state index contributed by atoms with van der Waals surface area (Å²) in [6.45, 7) is 5.57. The number of hydrogen-bond donors (Lipinski definition) is 2. The van der Waals surface area contributed by atoms with Gasteiger partial charge in [0, 0.05) is 30.9 Å². The van der Waals surface area contributed by atoms with Crippen LogP contribution in [0.5, 0.6) is 5.75 Å². The average Bonchev–Trinajstić information content (AvgIpc) is 2.65. The summed E-state index contributed by atoms with van der Waals surface area (Å²) in [6.07, 6.45) is 0. The summed E-state index contributed by atoms with van der Waals surface area (Å²) < 4.78 is 5.51. The van der Waals surface area contributed by atoms with Gasteiger partial charge in [0.25, 0.3) is 17.7 Å². The number of carbonyl (C=O) groups is 3. The molecule has 2 rings (SSSR count). The van der Waals surface area contributed by atoms with E-state index >= 15 is 0 Å². The maximum Gasteiger partial charge on any atom is 0.259 e. The van der Waals surface area contributed by atoms with Gasteiger partial charge in [-0.05, 0) is 57.2 Å². The van der Waals surface area contributed by atoms with Crippen LogP contribution in [0.15, 0.2) is 48.5 Å². The Hall–Kier alpha value is -3.35. The molecular formula is C22H27N3O4. The molecule has 0 fully saturated rings. The Morgan fingerprint density at radius 1 is 0.931 bits per heavy atom. The Labute approximate surface area is 171 Å². The maximum absolute atomic E-state index is 12.7. The molecule has 2 aromatic carbocycles. The predicted octanol–water partition coefficient (Wildman–Crippen LogP) is 2.93. The van der Waals surface area contributed by atoms with E-state index in [-0.39, 0.29) is 29.9 Å². The van der Waals surface area contributed by atoms with Gasteiger partial charge in [-0.3, -0.25) is 14.4 Å². The van der Waals surface area contributed by atoms with Gasteiger partial charge in [0.15, 0.2) is 6.61 Å². The minimum Gasteiger partial charge on any atom is -0.483 e. The topological polar surface area (TPSA) is 87.7 Å². The molecule has 2 aromatic rings. The molecule has 0 unspecified atom stereocenters. The van der Waals surface area contributed by atoms with Crippen molar-refractivity contribution >= 4 is 23.4 Å². The smallest absolute Gasteiger partial charge is 0.259 e. The Balaban J connectivity index is 2.07. The first-order chi connectivity index (χ1) is 13.6. The molecule has 7 heteroatoms. The largest absolute Gasteiger partial charge is 0.483 e. The molecule has 29 heavy (non-hydrogen) atoms. The molecule has 0 saturated carbocycles. The third kappa shape index (κ3) is 6.64. The van der Waals surface area contributed by atoms with Gasteiger partial charge in [0.05, 0.1) is 5.56 Å². The number of ether oxygens (including phenoxy) is 1. The summed E-state index contributed by atoms with van der Waals surface area (Å²) in [5, 5.41) is 5.66. The van der Waals surface area contributed by atoms with Crippen molar-refractivity contribution in [1.29, 1.82) is 0 Å². The van der Waals surface area contributed by atoms with Crippen molar-refractivity contribution in [3.05, 3.63) is 59.7 Å². The predicted molar refractivity (Wildman–Crippen MR) is 112 cm³/mol. The van der Waals surface area contributed by atoms with Crippen LogP contribution in [0, 0.1) is 0 Å². The van der Waals surface area contributed by atoms with Gasteiger partial charge in [-0.25, -0.2) is 0 Å². The summed E-state index contributed by atoms with van der Waals surface area (Å²) in [5.41, 5.74) is 1.03. The molecule has 7 nitrogen and oxygen atoms in total. The lowest BCUT2D eigenvalue weighted by Crippen LogP contribution is -2.40. The van der Waals surface area contributed by atoms with Gasteiger partial charge < -0.3 is 20.3 Å². The second-order valence-electron chi connectivity index (χ2n) is 7.81. The van der Waals surface area contributed by atoms with Gasteiger partial charge in [-0.2, -0.15) is 0 Å². The van der Waals surface area contributed by atoms with Gasteiger partial charge in [-0.15, -0.1) is 0 Å². The molecule has 0 spiro atoms. The van der Waals surface area contributed by atoms with E-state index in [4.69, 9.17) is 4.74 Å². The highest BCUT2D eigenvalue weighted by molar-refractivity contribution is 6.06. The van der Waals surface area contributed by atoms with E-state index < -0.39 is 0 Å². The lowest BCUT2D eigenvalue weighted by Gasteiger charge is -2.20. The number of para-hydroxylation sites is 1. The van der Waals surface area contributed by atoms with Crippen LogP contribution in [0.4, 0.5) is 5.69 Å². The molecule has 154 valence electrons. The molecule has 0 aliphatic carbocycles. The second-order valence-corrected chi connectivity index (χ2v) is 7.81. The number of rotatable bonds is 6. The molecule has 0 heterocycles. The molecule has 0 aromatic heterocycles. The third-order valence-corrected chi connectivity index (χ3v) is 3.88. The Kier molecular flexibility index (Phi) is 6.98. The third-order valence-electron chi connectivity index (χ3n) is 3.88. The van der Waals surface area contributed by atoms with E-state index in [9.17, 15) is 14.4 Å². The van der Waals surface area contributed by atoms with Crippen LogP contribution < -0.4 is 15.4 Å². The molecule has 0 saturated heterocycles. The summed E-state index contributed by atoms with van der Waals surface area (Å²) in [7, 11) is 3.27. The van der Waals surface area contributed by atoms with Crippen molar-refractivity contribution < 1.29 is 19.1 Å². The van der Waals surface area contributed by atoms with E-state index in [0.29, 0.717) is 22.6 Å². The second kappa shape index (κ2) is 9.23. The van der Waals surface area contributed by atoms with Crippen molar-refractivity contribution in [1.82, 2.24) is 10.2 Å². The van der Waals surface area contributed by atoms with E-state index in [2.05, 4.69) is 10.6 Å². The van der Waals surface area contributed by atoms with Crippen molar-refractivity contribution in [2.24, 2.45) is 0 Å². The molecule has 3 amide bonds. The fourth-order valence-electron chi connectivity index (χ4n) is 2.36. The van der Waals surface area contributed by atoms with Crippen LogP contribution in [0.3, 0.4) is 0 Å². The highest BCUT2D eigenvalue weighted by Crippen LogP contribution is 2.20. The number of anilines is 1. The highest BCUT2D eigenvalue weighted by atomic mass is 16.5. The first kappa shape index (κ1) is 21.9. The van der Waals surface area contributed by atoms with Crippen LogP contribution in [0.1, 0.15) is 41.5 Å². The SMILES string of the molecule is CN(C)C(=O)COc1ccccc1C(=O)Nc1ccc(C(=O)NC(C)(C)C)cc1. The Bertz CT molecular complexity index is 884. The Morgan fingerprint density at radius 3 is 2.14 bits per heavy atom. The monoisotopic (exact) mass is 397 g/mol. The van der Waals surface area contributed by atoms with Gasteiger partial charge in [0.2, 0.25) is 0 Å². The molecule has 0 radical (unpaired) electrons.